The van der Waals surface area contributed by atoms with Gasteiger partial charge in [-0.3, -0.25) is 9.10 Å². The third-order valence-corrected chi connectivity index (χ3v) is 4.74. The summed E-state index contributed by atoms with van der Waals surface area (Å²) in [6.45, 7) is -0.672. The van der Waals surface area contributed by atoms with Crippen molar-refractivity contribution < 1.29 is 36.2 Å². The molecule has 0 atom stereocenters. The van der Waals surface area contributed by atoms with E-state index in [-0.39, 0.29) is 16.1 Å². The highest BCUT2D eigenvalue weighted by molar-refractivity contribution is 7.93. The summed E-state index contributed by atoms with van der Waals surface area (Å²) in [4.78, 5) is 23.7. The number of benzene rings is 1. The van der Waals surface area contributed by atoms with Gasteiger partial charge in [-0.1, -0.05) is 6.07 Å². The molecule has 146 valence electrons. The minimum Gasteiger partial charge on any atom is -0.467 e. The van der Waals surface area contributed by atoms with Gasteiger partial charge in [-0.05, 0) is 12.1 Å². The molecule has 0 aliphatic heterocycles. The smallest absolute Gasteiger partial charge is 0.355 e. The summed E-state index contributed by atoms with van der Waals surface area (Å²) in [5, 5.41) is 9.14. The summed E-state index contributed by atoms with van der Waals surface area (Å²) < 4.78 is 68.0. The van der Waals surface area contributed by atoms with Crippen LogP contribution in [0.15, 0.2) is 18.2 Å². The Morgan fingerprint density at radius 1 is 1.30 bits per heavy atom. The molecule has 9 nitrogen and oxygen atoms in total. The van der Waals surface area contributed by atoms with E-state index in [0.29, 0.717) is 7.05 Å². The van der Waals surface area contributed by atoms with Gasteiger partial charge in [0.2, 0.25) is 11.6 Å². The number of carbonyl (C=O) groups excluding carboxylic acids is 1. The number of aromatic nitrogens is 3. The molecule has 0 fully saturated rings. The Balaban J connectivity index is 2.64. The van der Waals surface area contributed by atoms with Crippen LogP contribution in [0.2, 0.25) is 0 Å². The number of ketones is 1. The van der Waals surface area contributed by atoms with E-state index in [1.807, 2.05) is 0 Å². The number of para-hydroxylation sites is 1. The lowest BCUT2D eigenvalue weighted by Gasteiger charge is -2.21. The number of aliphatic hydroxyl groups excluding tert-OH is 1. The monoisotopic (exact) mass is 406 g/mol. The van der Waals surface area contributed by atoms with Crippen LogP contribution in [0.4, 0.5) is 18.9 Å². The highest BCUT2D eigenvalue weighted by Crippen LogP contribution is 2.29. The van der Waals surface area contributed by atoms with Gasteiger partial charge in [0.05, 0.1) is 18.4 Å². The second-order valence-corrected chi connectivity index (χ2v) is 6.89. The lowest BCUT2D eigenvalue weighted by Crippen LogP contribution is -2.33. The van der Waals surface area contributed by atoms with Gasteiger partial charge in [-0.2, -0.15) is 18.7 Å². The van der Waals surface area contributed by atoms with E-state index >= 15 is 0 Å². The van der Waals surface area contributed by atoms with Crippen LogP contribution in [0, 0.1) is 5.82 Å². The van der Waals surface area contributed by atoms with Gasteiger partial charge in [0.25, 0.3) is 10.0 Å². The summed E-state index contributed by atoms with van der Waals surface area (Å²) in [6.07, 6.45) is 0. The molecule has 1 heterocycles. The highest BCUT2D eigenvalue weighted by atomic mass is 32.2. The zero-order valence-electron chi connectivity index (χ0n) is 13.9. The van der Waals surface area contributed by atoms with Crippen molar-refractivity contribution in [3.63, 3.8) is 0 Å². The van der Waals surface area contributed by atoms with Crippen LogP contribution in [0.3, 0.4) is 0 Å². The van der Waals surface area contributed by atoms with Crippen LogP contribution in [-0.4, -0.2) is 54.2 Å². The van der Waals surface area contributed by atoms with Crippen molar-refractivity contribution in [3.8, 4) is 6.01 Å². The lowest BCUT2D eigenvalue weighted by molar-refractivity contribution is 0.102. The number of alkyl halides is 2. The fourth-order valence-corrected chi connectivity index (χ4v) is 2.73. The minimum absolute atomic E-state index is 0.0222. The number of hydrogen-bond donors (Lipinski definition) is 1. The van der Waals surface area contributed by atoms with Gasteiger partial charge in [0, 0.05) is 7.05 Å². The summed E-state index contributed by atoms with van der Waals surface area (Å²) >= 11 is 0. The average Bonchev–Trinajstić information content (AvgIpc) is 2.65. The van der Waals surface area contributed by atoms with Crippen molar-refractivity contribution in [2.24, 2.45) is 0 Å². The van der Waals surface area contributed by atoms with E-state index in [9.17, 15) is 26.4 Å². The molecule has 1 N–H and O–H groups in total. The van der Waals surface area contributed by atoms with Gasteiger partial charge in [-0.15, -0.1) is 0 Å². The number of anilines is 1. The fourth-order valence-electron chi connectivity index (χ4n) is 2.05. The van der Waals surface area contributed by atoms with Gasteiger partial charge in [0.15, 0.2) is 5.82 Å². The zero-order valence-corrected chi connectivity index (χ0v) is 14.7. The van der Waals surface area contributed by atoms with Crippen LogP contribution in [-0.2, 0) is 16.6 Å². The Morgan fingerprint density at radius 3 is 2.52 bits per heavy atom. The number of nitrogens with zero attached hydrogens (tertiary/aromatic N) is 4. The number of rotatable bonds is 7. The second-order valence-electron chi connectivity index (χ2n) is 4.96. The molecule has 0 saturated heterocycles. The molecule has 0 bridgehead atoms. The number of aliphatic hydroxyl groups is 1. The van der Waals surface area contributed by atoms with E-state index < -0.39 is 51.1 Å². The van der Waals surface area contributed by atoms with Gasteiger partial charge in [0.1, 0.15) is 12.4 Å². The molecular weight excluding hydrogens is 393 g/mol. The fraction of sp³-hybridized carbons (Fsp3) is 0.286. The van der Waals surface area contributed by atoms with Crippen molar-refractivity contribution in [3.05, 3.63) is 41.2 Å². The summed E-state index contributed by atoms with van der Waals surface area (Å²) in [6, 6.07) is 2.58. The molecule has 13 heteroatoms. The normalized spacial score (nSPS) is 11.5. The third kappa shape index (κ3) is 3.98. The van der Waals surface area contributed by atoms with Crippen LogP contribution >= 0.6 is 0 Å². The highest BCUT2D eigenvalue weighted by Gasteiger charge is 2.34. The number of methoxy groups -OCH3 is 1. The molecule has 2 aromatic rings. The first-order valence-corrected chi connectivity index (χ1v) is 8.62. The summed E-state index contributed by atoms with van der Waals surface area (Å²) in [5.74, 6) is -6.98. The molecule has 2 rings (SSSR count). The zero-order chi connectivity index (χ0) is 20.4. The topological polar surface area (TPSA) is 123 Å². The van der Waals surface area contributed by atoms with Crippen molar-refractivity contribution in [1.29, 1.82) is 0 Å². The predicted octanol–water partition coefficient (Wildman–Crippen LogP) is 0.731. The molecule has 0 amide bonds. The molecule has 0 saturated carbocycles. The first kappa shape index (κ1) is 20.5. The second kappa shape index (κ2) is 7.84. The van der Waals surface area contributed by atoms with Crippen LogP contribution in [0.1, 0.15) is 22.0 Å². The number of carbonyl (C=O) groups is 1. The Kier molecular flexibility index (Phi) is 5.95. The first-order chi connectivity index (χ1) is 12.6. The van der Waals surface area contributed by atoms with Gasteiger partial charge < -0.3 is 9.84 Å². The maximum atomic E-state index is 14.2. The van der Waals surface area contributed by atoms with Crippen LogP contribution < -0.4 is 9.04 Å². The van der Waals surface area contributed by atoms with E-state index in [1.54, 1.807) is 0 Å². The number of ether oxygens (including phenoxy) is 1. The van der Waals surface area contributed by atoms with E-state index in [0.717, 1.165) is 18.2 Å². The number of halogens is 3. The van der Waals surface area contributed by atoms with E-state index in [2.05, 4.69) is 15.0 Å². The summed E-state index contributed by atoms with van der Waals surface area (Å²) in [7, 11) is -3.36. The maximum Gasteiger partial charge on any atom is 0.355 e. The Bertz CT molecular complexity index is 949. The Hall–Kier alpha value is -2.80. The SMILES string of the molecule is COc1nc(CO)nc(C(=O)c2cccc(F)c2N(C)S(=O)(=O)C(F)F)n1. The van der Waals surface area contributed by atoms with E-state index in [1.165, 1.54) is 7.11 Å². The molecular formula is C14H13F3N4O5S. The largest absolute Gasteiger partial charge is 0.467 e. The quantitative estimate of drug-likeness (QED) is 0.668. The first-order valence-electron chi connectivity index (χ1n) is 7.12. The molecule has 27 heavy (non-hydrogen) atoms. The molecule has 1 aromatic carbocycles. The molecule has 1 aromatic heterocycles. The number of hydrogen-bond acceptors (Lipinski definition) is 8. The molecule has 0 aliphatic carbocycles. The van der Waals surface area contributed by atoms with Crippen molar-refractivity contribution in [2.45, 2.75) is 12.4 Å². The number of sulfonamides is 1. The van der Waals surface area contributed by atoms with Crippen molar-refractivity contribution in [2.75, 3.05) is 18.5 Å². The average molecular weight is 406 g/mol. The van der Waals surface area contributed by atoms with Crippen LogP contribution in [0.5, 0.6) is 6.01 Å². The van der Waals surface area contributed by atoms with Crippen molar-refractivity contribution in [1.82, 2.24) is 15.0 Å². The standard InChI is InChI=1S/C14H13F3N4O5S/c1-21(27(24,25)13(16)17)10-7(4-3-5-8(10)15)11(23)12-18-9(6-22)19-14(20-12)26-2/h3-5,13,22H,6H2,1-2H3. The lowest BCUT2D eigenvalue weighted by atomic mass is 10.1. The molecule has 0 aliphatic rings. The van der Waals surface area contributed by atoms with Gasteiger partial charge >= 0.3 is 11.8 Å². The van der Waals surface area contributed by atoms with Crippen molar-refractivity contribution >= 4 is 21.5 Å². The molecule has 0 spiro atoms. The predicted molar refractivity (Wildman–Crippen MR) is 85.5 cm³/mol. The van der Waals surface area contributed by atoms with E-state index in [4.69, 9.17) is 9.84 Å². The maximum absolute atomic E-state index is 14.2. The van der Waals surface area contributed by atoms with Crippen LogP contribution in [0.25, 0.3) is 0 Å². The third-order valence-electron chi connectivity index (χ3n) is 3.34. The minimum atomic E-state index is -5.23. The Labute approximate surface area is 151 Å². The Morgan fingerprint density at radius 2 is 1.96 bits per heavy atom. The summed E-state index contributed by atoms with van der Waals surface area (Å²) in [5.41, 5.74) is -1.48. The molecule has 0 unspecified atom stereocenters. The molecule has 0 radical (unpaired) electrons. The van der Waals surface area contributed by atoms with Gasteiger partial charge in [-0.25, -0.2) is 17.8 Å².